The van der Waals surface area contributed by atoms with E-state index in [-0.39, 0.29) is 11.9 Å². The van der Waals surface area contributed by atoms with Crippen LogP contribution in [0.2, 0.25) is 0 Å². The largest absolute Gasteiger partial charge is 0.390 e. The molecule has 3 aromatic rings. The highest BCUT2D eigenvalue weighted by molar-refractivity contribution is 5.95. The molecule has 2 N–H and O–H groups in total. The maximum atomic E-state index is 12.9. The lowest BCUT2D eigenvalue weighted by molar-refractivity contribution is 0.0858. The molecular formula is C24H25N3O2. The molecule has 1 aromatic heterocycles. The number of aliphatic hydroxyl groups is 1. The summed E-state index contributed by atoms with van der Waals surface area (Å²) >= 11 is 0. The molecule has 0 fully saturated rings. The van der Waals surface area contributed by atoms with Crippen molar-refractivity contribution in [3.8, 4) is 11.3 Å². The SMILES string of the molecule is CN(C)Cc1ccc(-c2cccc(C(=O)N[C@H]3c4ccccc4C[C@H]3O)c2)nc1. The third-order valence-electron chi connectivity index (χ3n) is 5.23. The maximum Gasteiger partial charge on any atom is 0.251 e. The lowest BCUT2D eigenvalue weighted by Crippen LogP contribution is -2.33. The van der Waals surface area contributed by atoms with E-state index in [4.69, 9.17) is 0 Å². The van der Waals surface area contributed by atoms with Gasteiger partial charge in [0.1, 0.15) is 0 Å². The molecule has 0 spiro atoms. The second kappa shape index (κ2) is 8.15. The van der Waals surface area contributed by atoms with E-state index in [0.717, 1.165) is 34.5 Å². The van der Waals surface area contributed by atoms with Gasteiger partial charge in [0.05, 0.1) is 17.8 Å². The lowest BCUT2D eigenvalue weighted by Gasteiger charge is -2.18. The van der Waals surface area contributed by atoms with Crippen molar-refractivity contribution in [2.24, 2.45) is 0 Å². The number of carbonyl (C=O) groups is 1. The van der Waals surface area contributed by atoms with E-state index in [1.807, 2.05) is 68.8 Å². The Morgan fingerprint density at radius 2 is 1.97 bits per heavy atom. The van der Waals surface area contributed by atoms with Crippen LogP contribution in [0, 0.1) is 0 Å². The van der Waals surface area contributed by atoms with Gasteiger partial charge in [-0.05, 0) is 49.0 Å². The number of aromatic nitrogens is 1. The number of aliphatic hydroxyl groups excluding tert-OH is 1. The van der Waals surface area contributed by atoms with Crippen LogP contribution < -0.4 is 5.32 Å². The Morgan fingerprint density at radius 1 is 1.14 bits per heavy atom. The Morgan fingerprint density at radius 3 is 2.72 bits per heavy atom. The van der Waals surface area contributed by atoms with Crippen LogP contribution >= 0.6 is 0 Å². The fourth-order valence-corrected chi connectivity index (χ4v) is 3.85. The second-order valence-electron chi connectivity index (χ2n) is 7.79. The van der Waals surface area contributed by atoms with E-state index in [1.54, 1.807) is 6.07 Å². The summed E-state index contributed by atoms with van der Waals surface area (Å²) in [6, 6.07) is 18.9. The van der Waals surface area contributed by atoms with E-state index in [9.17, 15) is 9.90 Å². The molecule has 1 aliphatic rings. The van der Waals surface area contributed by atoms with E-state index in [0.29, 0.717) is 12.0 Å². The highest BCUT2D eigenvalue weighted by atomic mass is 16.3. The minimum atomic E-state index is -0.606. The average molecular weight is 387 g/mol. The summed E-state index contributed by atoms with van der Waals surface area (Å²) in [5.74, 6) is -0.197. The Bertz CT molecular complexity index is 1010. The zero-order chi connectivity index (χ0) is 20.4. The fourth-order valence-electron chi connectivity index (χ4n) is 3.85. The first-order valence-electron chi connectivity index (χ1n) is 9.78. The number of carbonyl (C=O) groups excluding carboxylic acids is 1. The third-order valence-corrected chi connectivity index (χ3v) is 5.23. The molecule has 1 amide bonds. The van der Waals surface area contributed by atoms with Crippen molar-refractivity contribution in [1.82, 2.24) is 15.2 Å². The minimum absolute atomic E-state index is 0.197. The van der Waals surface area contributed by atoms with Crippen molar-refractivity contribution in [3.05, 3.63) is 89.1 Å². The van der Waals surface area contributed by atoms with Gasteiger partial charge in [-0.15, -0.1) is 0 Å². The Kier molecular flexibility index (Phi) is 5.43. The van der Waals surface area contributed by atoms with Gasteiger partial charge in [-0.2, -0.15) is 0 Å². The number of nitrogens with one attached hydrogen (secondary N) is 1. The summed E-state index contributed by atoms with van der Waals surface area (Å²) in [4.78, 5) is 19.5. The first-order valence-corrected chi connectivity index (χ1v) is 9.78. The summed E-state index contributed by atoms with van der Waals surface area (Å²) in [7, 11) is 4.05. The van der Waals surface area contributed by atoms with Crippen molar-refractivity contribution >= 4 is 5.91 Å². The van der Waals surface area contributed by atoms with Crippen LogP contribution in [0.5, 0.6) is 0 Å². The van der Waals surface area contributed by atoms with Gasteiger partial charge < -0.3 is 15.3 Å². The molecule has 5 heteroatoms. The number of fused-ring (bicyclic) bond motifs is 1. The predicted octanol–water partition coefficient (Wildman–Crippen LogP) is 3.20. The van der Waals surface area contributed by atoms with E-state index >= 15 is 0 Å². The molecule has 0 saturated heterocycles. The monoisotopic (exact) mass is 387 g/mol. The van der Waals surface area contributed by atoms with E-state index < -0.39 is 6.10 Å². The molecule has 1 aliphatic carbocycles. The van der Waals surface area contributed by atoms with Crippen LogP contribution in [0.1, 0.15) is 33.1 Å². The first-order chi connectivity index (χ1) is 14.0. The average Bonchev–Trinajstić information content (AvgIpc) is 3.03. The molecule has 1 heterocycles. The predicted molar refractivity (Wildman–Crippen MR) is 113 cm³/mol. The van der Waals surface area contributed by atoms with Crippen molar-refractivity contribution in [2.45, 2.75) is 25.1 Å². The van der Waals surface area contributed by atoms with Gasteiger partial charge in [0.15, 0.2) is 0 Å². The molecule has 29 heavy (non-hydrogen) atoms. The normalized spacial score (nSPS) is 17.9. The van der Waals surface area contributed by atoms with Gasteiger partial charge in [0, 0.05) is 30.3 Å². The quantitative estimate of drug-likeness (QED) is 0.706. The summed E-state index contributed by atoms with van der Waals surface area (Å²) in [5.41, 5.74) is 5.48. The van der Waals surface area contributed by atoms with Crippen LogP contribution in [-0.4, -0.2) is 41.1 Å². The molecule has 0 bridgehead atoms. The zero-order valence-electron chi connectivity index (χ0n) is 16.7. The van der Waals surface area contributed by atoms with Gasteiger partial charge in [0.2, 0.25) is 0 Å². The summed E-state index contributed by atoms with van der Waals surface area (Å²) < 4.78 is 0. The van der Waals surface area contributed by atoms with Crippen LogP contribution in [-0.2, 0) is 13.0 Å². The topological polar surface area (TPSA) is 65.5 Å². The van der Waals surface area contributed by atoms with Gasteiger partial charge in [-0.1, -0.05) is 42.5 Å². The summed E-state index contributed by atoms with van der Waals surface area (Å²) in [5, 5.41) is 13.4. The van der Waals surface area contributed by atoms with Crippen molar-refractivity contribution in [1.29, 1.82) is 0 Å². The van der Waals surface area contributed by atoms with E-state index in [2.05, 4.69) is 21.3 Å². The third kappa shape index (κ3) is 4.21. The van der Waals surface area contributed by atoms with Crippen LogP contribution in [0.3, 0.4) is 0 Å². The molecule has 5 nitrogen and oxygen atoms in total. The van der Waals surface area contributed by atoms with Gasteiger partial charge >= 0.3 is 0 Å². The Balaban J connectivity index is 1.52. The van der Waals surface area contributed by atoms with Gasteiger partial charge in [-0.25, -0.2) is 0 Å². The second-order valence-corrected chi connectivity index (χ2v) is 7.79. The van der Waals surface area contributed by atoms with Crippen LogP contribution in [0.4, 0.5) is 0 Å². The number of benzene rings is 2. The first kappa shape index (κ1) is 19.3. The molecule has 0 saturated carbocycles. The summed E-state index contributed by atoms with van der Waals surface area (Å²) in [6.45, 7) is 0.834. The fraction of sp³-hybridized carbons (Fsp3) is 0.250. The molecule has 2 aromatic carbocycles. The van der Waals surface area contributed by atoms with Crippen LogP contribution in [0.25, 0.3) is 11.3 Å². The van der Waals surface area contributed by atoms with Gasteiger partial charge in [0.25, 0.3) is 5.91 Å². The molecule has 148 valence electrons. The smallest absolute Gasteiger partial charge is 0.251 e. The Labute approximate surface area is 171 Å². The standard InChI is InChI=1S/C24H25N3O2/c1-27(2)15-16-10-11-21(25-14-16)18-7-5-8-19(12-18)24(29)26-23-20-9-4-3-6-17(20)13-22(23)28/h3-12,14,22-23,28H,13,15H2,1-2H3,(H,26,29)/t22-,23+/m1/s1. The number of hydrogen-bond acceptors (Lipinski definition) is 4. The highest BCUT2D eigenvalue weighted by Crippen LogP contribution is 2.31. The number of hydrogen-bond donors (Lipinski definition) is 2. The summed E-state index contributed by atoms with van der Waals surface area (Å²) in [6.07, 6.45) is 1.82. The zero-order valence-corrected chi connectivity index (χ0v) is 16.7. The van der Waals surface area contributed by atoms with Crippen molar-refractivity contribution in [3.63, 3.8) is 0 Å². The molecular weight excluding hydrogens is 362 g/mol. The molecule has 4 rings (SSSR count). The molecule has 0 radical (unpaired) electrons. The Hall–Kier alpha value is -3.02. The molecule has 2 atom stereocenters. The van der Waals surface area contributed by atoms with Crippen molar-refractivity contribution in [2.75, 3.05) is 14.1 Å². The lowest BCUT2D eigenvalue weighted by atomic mass is 10.0. The number of pyridine rings is 1. The van der Waals surface area contributed by atoms with E-state index in [1.165, 1.54) is 0 Å². The number of nitrogens with zero attached hydrogens (tertiary/aromatic N) is 2. The number of amides is 1. The minimum Gasteiger partial charge on any atom is -0.390 e. The van der Waals surface area contributed by atoms with Crippen LogP contribution in [0.15, 0.2) is 66.9 Å². The molecule has 0 unspecified atom stereocenters. The number of rotatable bonds is 5. The van der Waals surface area contributed by atoms with Gasteiger partial charge in [-0.3, -0.25) is 9.78 Å². The molecule has 0 aliphatic heterocycles. The highest BCUT2D eigenvalue weighted by Gasteiger charge is 2.32. The van der Waals surface area contributed by atoms with Crippen molar-refractivity contribution < 1.29 is 9.90 Å². The maximum absolute atomic E-state index is 12.9.